The van der Waals surface area contributed by atoms with Crippen LogP contribution in [0.5, 0.6) is 0 Å². The zero-order chi connectivity index (χ0) is 17.1. The number of nitrogens with zero attached hydrogens (tertiary/aromatic N) is 4. The molecular formula is C18H15N5OS. The zero-order valence-corrected chi connectivity index (χ0v) is 14.2. The molecule has 0 radical (unpaired) electrons. The first-order valence-corrected chi connectivity index (χ1v) is 8.79. The molecule has 3 heterocycles. The lowest BCUT2D eigenvalue weighted by Crippen LogP contribution is -2.30. The number of amides is 1. The van der Waals surface area contributed by atoms with Gasteiger partial charge in [0.1, 0.15) is 5.84 Å². The average molecular weight is 349 g/mol. The molecule has 0 unspecified atom stereocenters. The van der Waals surface area contributed by atoms with Crippen LogP contribution in [0.1, 0.15) is 23.5 Å². The van der Waals surface area contributed by atoms with E-state index in [9.17, 15) is 4.79 Å². The Hall–Kier alpha value is -2.93. The van der Waals surface area contributed by atoms with Crippen molar-refractivity contribution in [3.05, 3.63) is 59.4 Å². The fraction of sp³-hybridized carbons (Fsp3) is 0.167. The van der Waals surface area contributed by atoms with Gasteiger partial charge in [0.25, 0.3) is 0 Å². The van der Waals surface area contributed by atoms with Gasteiger partial charge in [-0.2, -0.15) is 5.10 Å². The van der Waals surface area contributed by atoms with Crippen molar-refractivity contribution < 1.29 is 4.79 Å². The monoisotopic (exact) mass is 349 g/mol. The molecule has 0 spiro atoms. The van der Waals surface area contributed by atoms with Gasteiger partial charge in [-0.3, -0.25) is 9.78 Å². The van der Waals surface area contributed by atoms with Crippen LogP contribution in [0.25, 0.3) is 10.2 Å². The molecule has 0 fully saturated rings. The third-order valence-electron chi connectivity index (χ3n) is 3.77. The van der Waals surface area contributed by atoms with E-state index in [1.54, 1.807) is 17.5 Å². The fourth-order valence-corrected chi connectivity index (χ4v) is 3.53. The van der Waals surface area contributed by atoms with E-state index in [0.717, 1.165) is 26.6 Å². The number of thiazole rings is 1. The number of benzene rings is 1. The molecule has 124 valence electrons. The number of pyridine rings is 1. The van der Waals surface area contributed by atoms with E-state index in [0.29, 0.717) is 25.1 Å². The molecule has 7 heteroatoms. The van der Waals surface area contributed by atoms with Gasteiger partial charge in [-0.05, 0) is 24.3 Å². The number of carbonyl (C=O) groups excluding carboxylic acids is 1. The minimum atomic E-state index is -0.0736. The smallest absolute Gasteiger partial charge is 0.225 e. The number of aryl methyl sites for hydroxylation is 1. The summed E-state index contributed by atoms with van der Waals surface area (Å²) in [6.07, 6.45) is 3.19. The summed E-state index contributed by atoms with van der Waals surface area (Å²) in [6, 6.07) is 13.6. The molecule has 2 aromatic heterocycles. The van der Waals surface area contributed by atoms with Crippen LogP contribution in [-0.2, 0) is 11.2 Å². The van der Waals surface area contributed by atoms with Gasteiger partial charge in [0.15, 0.2) is 0 Å². The maximum atomic E-state index is 12.1. The fourth-order valence-electron chi connectivity index (χ4n) is 2.57. The molecule has 4 rings (SSSR count). The Labute approximate surface area is 148 Å². The van der Waals surface area contributed by atoms with Crippen molar-refractivity contribution in [1.82, 2.24) is 15.3 Å². The Balaban J connectivity index is 1.30. The third kappa shape index (κ3) is 3.61. The molecule has 0 atom stereocenters. The number of hydrogen-bond donors (Lipinski definition) is 1. The Kier molecular flexibility index (Phi) is 4.30. The lowest BCUT2D eigenvalue weighted by Gasteiger charge is -2.03. The molecule has 25 heavy (non-hydrogen) atoms. The van der Waals surface area contributed by atoms with Crippen LogP contribution in [0, 0.1) is 0 Å². The number of rotatable bonds is 4. The van der Waals surface area contributed by atoms with Gasteiger partial charge in [-0.25, -0.2) is 4.98 Å². The summed E-state index contributed by atoms with van der Waals surface area (Å²) >= 11 is 1.63. The summed E-state index contributed by atoms with van der Waals surface area (Å²) in [5.74, 6) is 0.491. The molecule has 1 aromatic carbocycles. The molecule has 0 saturated heterocycles. The van der Waals surface area contributed by atoms with Crippen LogP contribution in [0.4, 0.5) is 0 Å². The van der Waals surface area contributed by atoms with Crippen LogP contribution >= 0.6 is 11.3 Å². The topological polar surface area (TPSA) is 79.6 Å². The van der Waals surface area contributed by atoms with Gasteiger partial charge in [0, 0.05) is 19.0 Å². The first kappa shape index (κ1) is 15.6. The number of fused-ring (bicyclic) bond motifs is 1. The van der Waals surface area contributed by atoms with Crippen molar-refractivity contribution >= 4 is 39.0 Å². The predicted molar refractivity (Wildman–Crippen MR) is 98.9 cm³/mol. The number of carbonyl (C=O) groups is 1. The molecule has 0 aliphatic carbocycles. The number of para-hydroxylation sites is 1. The minimum absolute atomic E-state index is 0.0736. The summed E-state index contributed by atoms with van der Waals surface area (Å²) < 4.78 is 1.14. The van der Waals surface area contributed by atoms with Crippen molar-refractivity contribution in [2.75, 3.05) is 0 Å². The first-order chi connectivity index (χ1) is 12.3. The second-order valence-corrected chi connectivity index (χ2v) is 6.72. The Morgan fingerprint density at radius 2 is 2.00 bits per heavy atom. The maximum Gasteiger partial charge on any atom is 0.225 e. The van der Waals surface area contributed by atoms with Gasteiger partial charge < -0.3 is 5.32 Å². The van der Waals surface area contributed by atoms with E-state index in [4.69, 9.17) is 0 Å². The predicted octanol–water partition coefficient (Wildman–Crippen LogP) is 2.95. The lowest BCUT2D eigenvalue weighted by molar-refractivity contribution is -0.119. The van der Waals surface area contributed by atoms with Crippen LogP contribution in [0.2, 0.25) is 0 Å². The van der Waals surface area contributed by atoms with E-state index < -0.39 is 0 Å². The number of amidine groups is 1. The van der Waals surface area contributed by atoms with Crippen LogP contribution in [0.15, 0.2) is 58.9 Å². The average Bonchev–Trinajstić information content (AvgIpc) is 3.27. The van der Waals surface area contributed by atoms with Crippen molar-refractivity contribution in [2.45, 2.75) is 19.3 Å². The Morgan fingerprint density at radius 3 is 2.84 bits per heavy atom. The molecular weight excluding hydrogens is 334 g/mol. The van der Waals surface area contributed by atoms with Crippen molar-refractivity contribution in [2.24, 2.45) is 10.2 Å². The second-order valence-electron chi connectivity index (χ2n) is 5.61. The minimum Gasteiger partial charge on any atom is -0.312 e. The Morgan fingerprint density at radius 1 is 1.12 bits per heavy atom. The van der Waals surface area contributed by atoms with E-state index in [2.05, 4.69) is 25.5 Å². The molecule has 1 aliphatic heterocycles. The van der Waals surface area contributed by atoms with Gasteiger partial charge in [-0.15, -0.1) is 16.4 Å². The molecule has 3 aromatic rings. The summed E-state index contributed by atoms with van der Waals surface area (Å²) in [6.45, 7) is 0. The van der Waals surface area contributed by atoms with Crippen molar-refractivity contribution in [3.63, 3.8) is 0 Å². The van der Waals surface area contributed by atoms with E-state index in [1.807, 2.05) is 42.5 Å². The van der Waals surface area contributed by atoms with E-state index >= 15 is 0 Å². The number of hydrogen-bond acceptors (Lipinski definition) is 6. The molecule has 1 N–H and O–H groups in total. The largest absolute Gasteiger partial charge is 0.312 e. The van der Waals surface area contributed by atoms with Gasteiger partial charge in [-0.1, -0.05) is 18.2 Å². The molecule has 0 saturated carbocycles. The summed E-state index contributed by atoms with van der Waals surface area (Å²) in [5, 5.41) is 11.9. The highest BCUT2D eigenvalue weighted by Gasteiger charge is 2.17. The van der Waals surface area contributed by atoms with Gasteiger partial charge in [0.05, 0.1) is 33.1 Å². The standard InChI is InChI=1S/C18H15N5OS/c24-17(8-9-18-20-13-6-1-2-7-15(13)25-18)21-16-11-14(22-23-16)12-5-3-4-10-19-12/h1-7,10H,8-9,11H2,(H,21,23,24). The number of nitrogens with one attached hydrogen (secondary N) is 1. The summed E-state index contributed by atoms with van der Waals surface area (Å²) in [7, 11) is 0. The molecule has 0 bridgehead atoms. The van der Waals surface area contributed by atoms with Crippen LogP contribution in [-0.4, -0.2) is 27.4 Å². The molecule has 6 nitrogen and oxygen atoms in total. The SMILES string of the molecule is O=C(CCc1nc2ccccc2s1)NC1=NN=C(c2ccccn2)C1. The number of aromatic nitrogens is 2. The van der Waals surface area contributed by atoms with Gasteiger partial charge >= 0.3 is 0 Å². The zero-order valence-electron chi connectivity index (χ0n) is 13.3. The van der Waals surface area contributed by atoms with Crippen LogP contribution < -0.4 is 5.32 Å². The third-order valence-corrected chi connectivity index (χ3v) is 4.87. The van der Waals surface area contributed by atoms with Crippen molar-refractivity contribution in [1.29, 1.82) is 0 Å². The maximum absolute atomic E-state index is 12.1. The highest BCUT2D eigenvalue weighted by atomic mass is 32.1. The normalized spacial score (nSPS) is 13.6. The molecule has 1 aliphatic rings. The first-order valence-electron chi connectivity index (χ1n) is 7.97. The highest BCUT2D eigenvalue weighted by molar-refractivity contribution is 7.18. The highest BCUT2D eigenvalue weighted by Crippen LogP contribution is 2.22. The Bertz CT molecular complexity index is 944. The summed E-state index contributed by atoms with van der Waals surface area (Å²) in [5.41, 5.74) is 2.53. The molecule has 1 amide bonds. The summed E-state index contributed by atoms with van der Waals surface area (Å²) in [4.78, 5) is 20.9. The van der Waals surface area contributed by atoms with Crippen molar-refractivity contribution in [3.8, 4) is 0 Å². The quantitative estimate of drug-likeness (QED) is 0.786. The van der Waals surface area contributed by atoms with E-state index in [1.165, 1.54) is 0 Å². The van der Waals surface area contributed by atoms with Gasteiger partial charge in [0.2, 0.25) is 5.91 Å². The van der Waals surface area contributed by atoms with Crippen LogP contribution in [0.3, 0.4) is 0 Å². The second kappa shape index (κ2) is 6.90. The van der Waals surface area contributed by atoms with E-state index in [-0.39, 0.29) is 5.91 Å². The lowest BCUT2D eigenvalue weighted by atomic mass is 10.2.